The molecule has 0 spiro atoms. The van der Waals surface area contributed by atoms with Crippen molar-refractivity contribution in [1.29, 1.82) is 0 Å². The number of hydrogen-bond donors (Lipinski definition) is 2. The highest BCUT2D eigenvalue weighted by Gasteiger charge is 2.22. The van der Waals surface area contributed by atoms with Gasteiger partial charge in [-0.05, 0) is 24.3 Å². The van der Waals surface area contributed by atoms with Crippen LogP contribution in [-0.2, 0) is 0 Å². The van der Waals surface area contributed by atoms with Gasteiger partial charge in [-0.3, -0.25) is 10.1 Å². The molecule has 2 rings (SSSR count). The van der Waals surface area contributed by atoms with Crippen LogP contribution in [0.2, 0.25) is 5.02 Å². The van der Waals surface area contributed by atoms with E-state index in [2.05, 4.69) is 20.6 Å². The summed E-state index contributed by atoms with van der Waals surface area (Å²) >= 11 is 5.77. The summed E-state index contributed by atoms with van der Waals surface area (Å²) in [6, 6.07) is 6.76. The summed E-state index contributed by atoms with van der Waals surface area (Å²) < 4.78 is 0. The van der Waals surface area contributed by atoms with Crippen molar-refractivity contribution in [2.75, 3.05) is 17.7 Å². The molecule has 0 bridgehead atoms. The number of rotatable bonds is 4. The lowest BCUT2D eigenvalue weighted by Gasteiger charge is -2.08. The second-order valence-electron chi connectivity index (χ2n) is 3.56. The van der Waals surface area contributed by atoms with Crippen molar-refractivity contribution >= 4 is 34.6 Å². The zero-order chi connectivity index (χ0) is 13.8. The van der Waals surface area contributed by atoms with Crippen LogP contribution >= 0.6 is 11.6 Å². The Labute approximate surface area is 113 Å². The van der Waals surface area contributed by atoms with E-state index in [1.807, 2.05) is 0 Å². The first kappa shape index (κ1) is 13.0. The smallest absolute Gasteiger partial charge is 0.353 e. The number of aromatic nitrogens is 2. The Morgan fingerprint density at radius 3 is 2.42 bits per heavy atom. The third-order valence-electron chi connectivity index (χ3n) is 2.35. The first-order valence-corrected chi connectivity index (χ1v) is 5.69. The van der Waals surface area contributed by atoms with Crippen LogP contribution in [0.25, 0.3) is 0 Å². The predicted molar refractivity (Wildman–Crippen MR) is 73.0 cm³/mol. The molecule has 1 aromatic carbocycles. The van der Waals surface area contributed by atoms with Crippen LogP contribution in [0.15, 0.2) is 30.6 Å². The zero-order valence-corrected chi connectivity index (χ0v) is 10.7. The Morgan fingerprint density at radius 2 is 1.84 bits per heavy atom. The Kier molecular flexibility index (Phi) is 3.76. The minimum atomic E-state index is -0.538. The minimum absolute atomic E-state index is 0.117. The Bertz CT molecular complexity index is 603. The van der Waals surface area contributed by atoms with Crippen LogP contribution in [0.4, 0.5) is 23.0 Å². The van der Waals surface area contributed by atoms with Crippen LogP contribution < -0.4 is 10.6 Å². The van der Waals surface area contributed by atoms with Crippen LogP contribution in [0.1, 0.15) is 0 Å². The molecule has 1 heterocycles. The standard InChI is InChI=1S/C11H10ClN5O2/c1-13-10-9(17(18)19)11(15-6-14-10)16-8-4-2-7(12)3-5-8/h2-6H,1H3,(H2,13,14,15,16). The minimum Gasteiger partial charge on any atom is -0.367 e. The summed E-state index contributed by atoms with van der Waals surface area (Å²) in [7, 11) is 1.56. The topological polar surface area (TPSA) is 93.0 Å². The van der Waals surface area contributed by atoms with Crippen molar-refractivity contribution in [2.24, 2.45) is 0 Å². The third-order valence-corrected chi connectivity index (χ3v) is 2.60. The van der Waals surface area contributed by atoms with Gasteiger partial charge in [-0.15, -0.1) is 0 Å². The number of halogens is 1. The van der Waals surface area contributed by atoms with Gasteiger partial charge in [-0.25, -0.2) is 9.97 Å². The molecule has 2 N–H and O–H groups in total. The maximum Gasteiger partial charge on any atom is 0.353 e. The Hall–Kier alpha value is -2.41. The average molecular weight is 280 g/mol. The molecular formula is C11H10ClN5O2. The second-order valence-corrected chi connectivity index (χ2v) is 3.99. The quantitative estimate of drug-likeness (QED) is 0.660. The van der Waals surface area contributed by atoms with Crippen molar-refractivity contribution in [2.45, 2.75) is 0 Å². The molecule has 8 heteroatoms. The fourth-order valence-electron chi connectivity index (χ4n) is 1.50. The molecule has 19 heavy (non-hydrogen) atoms. The fourth-order valence-corrected chi connectivity index (χ4v) is 1.62. The number of hydrogen-bond acceptors (Lipinski definition) is 6. The lowest BCUT2D eigenvalue weighted by molar-refractivity contribution is -0.383. The zero-order valence-electron chi connectivity index (χ0n) is 9.92. The molecule has 0 aliphatic rings. The van der Waals surface area contributed by atoms with E-state index in [1.54, 1.807) is 31.3 Å². The summed E-state index contributed by atoms with van der Waals surface area (Å²) in [6.45, 7) is 0. The monoisotopic (exact) mass is 279 g/mol. The van der Waals surface area contributed by atoms with Gasteiger partial charge < -0.3 is 10.6 Å². The van der Waals surface area contributed by atoms with Gasteiger partial charge in [0.1, 0.15) is 6.33 Å². The van der Waals surface area contributed by atoms with Crippen LogP contribution in [0.5, 0.6) is 0 Å². The lowest BCUT2D eigenvalue weighted by atomic mass is 10.3. The van der Waals surface area contributed by atoms with E-state index in [0.29, 0.717) is 10.7 Å². The molecule has 0 atom stereocenters. The SMILES string of the molecule is CNc1ncnc(Nc2ccc(Cl)cc2)c1[N+](=O)[O-]. The summed E-state index contributed by atoms with van der Waals surface area (Å²) in [5.74, 6) is 0.267. The molecule has 0 saturated carbocycles. The molecule has 1 aromatic heterocycles. The van der Waals surface area contributed by atoms with Crippen molar-refractivity contribution in [3.8, 4) is 0 Å². The van der Waals surface area contributed by atoms with Gasteiger partial charge in [0.2, 0.25) is 11.6 Å². The van der Waals surface area contributed by atoms with Crippen molar-refractivity contribution < 1.29 is 4.92 Å². The van der Waals surface area contributed by atoms with Gasteiger partial charge in [0.25, 0.3) is 0 Å². The normalized spacial score (nSPS) is 10.0. The predicted octanol–water partition coefficient (Wildman–Crippen LogP) is 2.82. The molecule has 2 aromatic rings. The van der Waals surface area contributed by atoms with Gasteiger partial charge in [0.05, 0.1) is 4.92 Å². The fraction of sp³-hybridized carbons (Fsp3) is 0.0909. The van der Waals surface area contributed by atoms with E-state index in [1.165, 1.54) is 6.33 Å². The van der Waals surface area contributed by atoms with E-state index in [0.717, 1.165) is 0 Å². The van der Waals surface area contributed by atoms with Gasteiger partial charge in [-0.2, -0.15) is 0 Å². The van der Waals surface area contributed by atoms with Gasteiger partial charge >= 0.3 is 5.69 Å². The molecule has 0 saturated heterocycles. The first-order chi connectivity index (χ1) is 9.11. The molecule has 0 radical (unpaired) electrons. The van der Waals surface area contributed by atoms with Gasteiger partial charge in [0, 0.05) is 17.8 Å². The summed E-state index contributed by atoms with van der Waals surface area (Å²) in [4.78, 5) is 18.2. The lowest BCUT2D eigenvalue weighted by Crippen LogP contribution is -2.05. The van der Waals surface area contributed by atoms with E-state index in [-0.39, 0.29) is 17.3 Å². The molecule has 0 aliphatic heterocycles. The Morgan fingerprint density at radius 1 is 1.21 bits per heavy atom. The largest absolute Gasteiger partial charge is 0.367 e. The van der Waals surface area contributed by atoms with Crippen LogP contribution in [0.3, 0.4) is 0 Å². The number of nitrogens with zero attached hydrogens (tertiary/aromatic N) is 3. The molecule has 98 valence electrons. The van der Waals surface area contributed by atoms with Crippen molar-refractivity contribution in [3.63, 3.8) is 0 Å². The van der Waals surface area contributed by atoms with Gasteiger partial charge in [0.15, 0.2) is 0 Å². The van der Waals surface area contributed by atoms with E-state index >= 15 is 0 Å². The number of nitro groups is 1. The first-order valence-electron chi connectivity index (χ1n) is 5.31. The molecule has 0 aliphatic carbocycles. The third kappa shape index (κ3) is 2.89. The highest BCUT2D eigenvalue weighted by atomic mass is 35.5. The average Bonchev–Trinajstić information content (AvgIpc) is 2.40. The van der Waals surface area contributed by atoms with E-state index in [9.17, 15) is 10.1 Å². The summed E-state index contributed by atoms with van der Waals surface area (Å²) in [5.41, 5.74) is 0.438. The van der Waals surface area contributed by atoms with Gasteiger partial charge in [-0.1, -0.05) is 11.6 Å². The van der Waals surface area contributed by atoms with Crippen molar-refractivity contribution in [1.82, 2.24) is 9.97 Å². The molecule has 0 amide bonds. The van der Waals surface area contributed by atoms with E-state index in [4.69, 9.17) is 11.6 Å². The highest BCUT2D eigenvalue weighted by Crippen LogP contribution is 2.30. The molecule has 0 unspecified atom stereocenters. The summed E-state index contributed by atoms with van der Waals surface area (Å²) in [6.07, 6.45) is 1.25. The maximum atomic E-state index is 11.1. The van der Waals surface area contributed by atoms with E-state index < -0.39 is 4.92 Å². The molecule has 0 fully saturated rings. The van der Waals surface area contributed by atoms with Crippen molar-refractivity contribution in [3.05, 3.63) is 45.7 Å². The van der Waals surface area contributed by atoms with Crippen LogP contribution in [-0.4, -0.2) is 21.9 Å². The molecular weight excluding hydrogens is 270 g/mol. The molecule has 7 nitrogen and oxygen atoms in total. The second kappa shape index (κ2) is 5.49. The number of nitrogens with one attached hydrogen (secondary N) is 2. The number of anilines is 3. The number of benzene rings is 1. The maximum absolute atomic E-state index is 11.1. The Balaban J connectivity index is 2.39. The highest BCUT2D eigenvalue weighted by molar-refractivity contribution is 6.30. The van der Waals surface area contributed by atoms with Crippen LogP contribution in [0, 0.1) is 10.1 Å². The summed E-state index contributed by atoms with van der Waals surface area (Å²) in [5, 5.41) is 17.2.